The molecule has 0 bridgehead atoms. The SMILES string of the molecule is CSS(=O)C(C)(C)C. The summed E-state index contributed by atoms with van der Waals surface area (Å²) in [6.07, 6.45) is 1.86. The van der Waals surface area contributed by atoms with E-state index in [-0.39, 0.29) is 4.75 Å². The predicted molar refractivity (Wildman–Crippen MR) is 41.4 cm³/mol. The summed E-state index contributed by atoms with van der Waals surface area (Å²) in [6, 6.07) is 0. The molecule has 0 spiro atoms. The van der Waals surface area contributed by atoms with Crippen LogP contribution in [0.2, 0.25) is 0 Å². The molecule has 3 heteroatoms. The normalized spacial score (nSPS) is 16.0. The highest BCUT2D eigenvalue weighted by molar-refractivity contribution is 8.69. The molecule has 0 aromatic rings. The Kier molecular flexibility index (Phi) is 3.05. The first-order valence-corrected chi connectivity index (χ1v) is 5.34. The average molecular weight is 152 g/mol. The van der Waals surface area contributed by atoms with E-state index in [9.17, 15) is 4.21 Å². The van der Waals surface area contributed by atoms with Crippen molar-refractivity contribution in [3.05, 3.63) is 0 Å². The molecule has 0 aliphatic carbocycles. The van der Waals surface area contributed by atoms with Crippen LogP contribution in [0.25, 0.3) is 0 Å². The van der Waals surface area contributed by atoms with Gasteiger partial charge >= 0.3 is 0 Å². The highest BCUT2D eigenvalue weighted by atomic mass is 33.1. The van der Waals surface area contributed by atoms with Gasteiger partial charge in [-0.1, -0.05) is 10.8 Å². The number of rotatable bonds is 1. The molecule has 1 unspecified atom stereocenters. The van der Waals surface area contributed by atoms with Crippen molar-refractivity contribution in [1.82, 2.24) is 0 Å². The van der Waals surface area contributed by atoms with E-state index in [0.29, 0.717) is 0 Å². The van der Waals surface area contributed by atoms with Crippen molar-refractivity contribution in [3.8, 4) is 0 Å². The molecule has 0 aliphatic heterocycles. The van der Waals surface area contributed by atoms with Crippen molar-refractivity contribution in [1.29, 1.82) is 0 Å². The molecule has 0 aromatic heterocycles. The van der Waals surface area contributed by atoms with Crippen molar-refractivity contribution < 1.29 is 4.21 Å². The molecule has 1 nitrogen and oxygen atoms in total. The van der Waals surface area contributed by atoms with Crippen molar-refractivity contribution >= 4 is 20.6 Å². The molecule has 0 saturated heterocycles. The smallest absolute Gasteiger partial charge is 0.0855 e. The minimum absolute atomic E-state index is 0.0561. The molecule has 0 amide bonds. The van der Waals surface area contributed by atoms with Gasteiger partial charge in [-0.15, -0.1) is 0 Å². The molecule has 0 saturated carbocycles. The Hall–Kier alpha value is 0.500. The van der Waals surface area contributed by atoms with E-state index in [1.165, 1.54) is 10.8 Å². The first kappa shape index (κ1) is 8.50. The second-order valence-electron chi connectivity index (χ2n) is 2.51. The third kappa shape index (κ3) is 2.72. The summed E-state index contributed by atoms with van der Waals surface area (Å²) in [7, 11) is 0.676. The molecule has 0 rings (SSSR count). The van der Waals surface area contributed by atoms with Gasteiger partial charge < -0.3 is 0 Å². The summed E-state index contributed by atoms with van der Waals surface area (Å²) in [5, 5.41) is 0. The molecule has 0 aromatic carbocycles. The van der Waals surface area contributed by atoms with Crippen LogP contribution in [0, 0.1) is 0 Å². The Morgan fingerprint density at radius 1 is 1.38 bits per heavy atom. The van der Waals surface area contributed by atoms with E-state index in [2.05, 4.69) is 0 Å². The number of hydrogen-bond acceptors (Lipinski definition) is 2. The van der Waals surface area contributed by atoms with Crippen molar-refractivity contribution in [2.75, 3.05) is 6.26 Å². The second-order valence-corrected chi connectivity index (χ2v) is 6.45. The quantitative estimate of drug-likeness (QED) is 0.533. The zero-order valence-corrected chi connectivity index (χ0v) is 7.36. The topological polar surface area (TPSA) is 17.1 Å². The van der Waals surface area contributed by atoms with Gasteiger partial charge in [0.05, 0.1) is 9.83 Å². The maximum absolute atomic E-state index is 10.9. The van der Waals surface area contributed by atoms with Crippen molar-refractivity contribution in [2.24, 2.45) is 0 Å². The fourth-order valence-electron chi connectivity index (χ4n) is 0.250. The van der Waals surface area contributed by atoms with Crippen LogP contribution in [0.3, 0.4) is 0 Å². The van der Waals surface area contributed by atoms with Gasteiger partial charge in [0.2, 0.25) is 0 Å². The first-order valence-electron chi connectivity index (χ1n) is 2.45. The van der Waals surface area contributed by atoms with Crippen LogP contribution >= 0.6 is 10.8 Å². The Morgan fingerprint density at radius 3 is 1.75 bits per heavy atom. The maximum Gasteiger partial charge on any atom is 0.0855 e. The zero-order valence-electron chi connectivity index (χ0n) is 5.72. The summed E-state index contributed by atoms with van der Waals surface area (Å²) < 4.78 is 10.9. The van der Waals surface area contributed by atoms with Gasteiger partial charge in [0.15, 0.2) is 0 Å². The van der Waals surface area contributed by atoms with Crippen LogP contribution in [0.4, 0.5) is 0 Å². The van der Waals surface area contributed by atoms with Gasteiger partial charge in [0.1, 0.15) is 0 Å². The van der Waals surface area contributed by atoms with E-state index in [0.717, 1.165) is 0 Å². The van der Waals surface area contributed by atoms with Gasteiger partial charge in [0.25, 0.3) is 0 Å². The highest BCUT2D eigenvalue weighted by Gasteiger charge is 2.17. The Balaban J connectivity index is 3.82. The fraction of sp³-hybridized carbons (Fsp3) is 1.00. The molecule has 0 radical (unpaired) electrons. The highest BCUT2D eigenvalue weighted by Crippen LogP contribution is 2.19. The van der Waals surface area contributed by atoms with Crippen LogP contribution < -0.4 is 0 Å². The van der Waals surface area contributed by atoms with Gasteiger partial charge in [-0.2, -0.15) is 0 Å². The van der Waals surface area contributed by atoms with Crippen LogP contribution in [0.5, 0.6) is 0 Å². The summed E-state index contributed by atoms with van der Waals surface area (Å²) in [5.74, 6) is 0. The van der Waals surface area contributed by atoms with Crippen molar-refractivity contribution in [2.45, 2.75) is 25.5 Å². The van der Waals surface area contributed by atoms with Crippen LogP contribution in [0.1, 0.15) is 20.8 Å². The van der Waals surface area contributed by atoms with E-state index in [1.54, 1.807) is 0 Å². The molecule has 0 heterocycles. The third-order valence-corrected chi connectivity index (χ3v) is 4.36. The third-order valence-electron chi connectivity index (χ3n) is 0.651. The summed E-state index contributed by atoms with van der Waals surface area (Å²) in [6.45, 7) is 5.92. The lowest BCUT2D eigenvalue weighted by atomic mass is 10.3. The Labute approximate surface area is 57.1 Å². The van der Waals surface area contributed by atoms with Gasteiger partial charge in [-0.05, 0) is 27.0 Å². The van der Waals surface area contributed by atoms with Crippen molar-refractivity contribution in [3.63, 3.8) is 0 Å². The molecule has 0 fully saturated rings. The van der Waals surface area contributed by atoms with Crippen LogP contribution in [-0.2, 0) is 9.83 Å². The average Bonchev–Trinajstić information content (AvgIpc) is 1.62. The summed E-state index contributed by atoms with van der Waals surface area (Å²) in [4.78, 5) is 0. The molecule has 0 aliphatic rings. The molecule has 1 atom stereocenters. The zero-order chi connectivity index (χ0) is 6.78. The molecule has 0 N–H and O–H groups in total. The monoisotopic (exact) mass is 152 g/mol. The van der Waals surface area contributed by atoms with E-state index < -0.39 is 9.83 Å². The second kappa shape index (κ2) is 2.87. The number of hydrogen-bond donors (Lipinski definition) is 0. The minimum Gasteiger partial charge on any atom is -0.247 e. The van der Waals surface area contributed by atoms with Gasteiger partial charge in [0, 0.05) is 4.75 Å². The standard InChI is InChI=1S/C5H12OS2/c1-5(2,3)8(6)7-4/h1-4H3. The summed E-state index contributed by atoms with van der Waals surface area (Å²) >= 11 is 0. The minimum atomic E-state index is -0.728. The van der Waals surface area contributed by atoms with E-state index in [4.69, 9.17) is 0 Å². The lowest BCUT2D eigenvalue weighted by Gasteiger charge is -2.14. The van der Waals surface area contributed by atoms with Gasteiger partial charge in [-0.25, -0.2) is 4.21 Å². The van der Waals surface area contributed by atoms with E-state index in [1.807, 2.05) is 27.0 Å². The lowest BCUT2D eigenvalue weighted by molar-refractivity contribution is 0.661. The Bertz CT molecular complexity index is 93.1. The summed E-state index contributed by atoms with van der Waals surface area (Å²) in [5.41, 5.74) is 0. The molecule has 8 heavy (non-hydrogen) atoms. The first-order chi connectivity index (χ1) is 3.48. The largest absolute Gasteiger partial charge is 0.247 e. The molecular formula is C5H12OS2. The van der Waals surface area contributed by atoms with Crippen LogP contribution in [-0.4, -0.2) is 15.2 Å². The Morgan fingerprint density at radius 2 is 1.75 bits per heavy atom. The maximum atomic E-state index is 10.9. The van der Waals surface area contributed by atoms with Crippen LogP contribution in [0.15, 0.2) is 0 Å². The predicted octanol–water partition coefficient (Wildman–Crippen LogP) is 1.81. The van der Waals surface area contributed by atoms with Gasteiger partial charge in [-0.3, -0.25) is 0 Å². The molecular weight excluding hydrogens is 140 g/mol. The fourth-order valence-corrected chi connectivity index (χ4v) is 2.25. The van der Waals surface area contributed by atoms with E-state index >= 15 is 0 Å². The molecule has 50 valence electrons. The lowest BCUT2D eigenvalue weighted by Crippen LogP contribution is -2.18.